The van der Waals surface area contributed by atoms with E-state index in [4.69, 9.17) is 4.74 Å². The Morgan fingerprint density at radius 3 is 2.35 bits per heavy atom. The smallest absolute Gasteiger partial charge is 0.243 e. The van der Waals surface area contributed by atoms with Crippen molar-refractivity contribution >= 4 is 21.9 Å². The summed E-state index contributed by atoms with van der Waals surface area (Å²) < 4.78 is 49.3. The molecule has 0 bridgehead atoms. The summed E-state index contributed by atoms with van der Waals surface area (Å²) in [4.78, 5) is 19.8. The molecule has 210 valence electrons. The molecule has 1 heterocycles. The predicted molar refractivity (Wildman–Crippen MR) is 153 cm³/mol. The summed E-state index contributed by atoms with van der Waals surface area (Å²) >= 11 is 0. The Kier molecular flexibility index (Phi) is 8.98. The van der Waals surface area contributed by atoms with Crippen molar-refractivity contribution in [2.75, 3.05) is 46.2 Å². The van der Waals surface area contributed by atoms with E-state index in [0.717, 1.165) is 9.87 Å². The Bertz CT molecular complexity index is 1570. The van der Waals surface area contributed by atoms with Crippen LogP contribution in [0.5, 0.6) is 5.75 Å². The number of benzene rings is 3. The van der Waals surface area contributed by atoms with Crippen molar-refractivity contribution in [3.63, 3.8) is 0 Å². The first-order chi connectivity index (χ1) is 19.1. The molecule has 0 aliphatic heterocycles. The number of ether oxygens (including phenoxy) is 1. The molecule has 0 radical (unpaired) electrons. The molecule has 0 saturated heterocycles. The summed E-state index contributed by atoms with van der Waals surface area (Å²) in [5.41, 5.74) is 2.31. The number of amides is 1. The summed E-state index contributed by atoms with van der Waals surface area (Å²) in [5.74, 6) is -0.327. The third-order valence-electron chi connectivity index (χ3n) is 6.27. The Morgan fingerprint density at radius 1 is 1.02 bits per heavy atom. The number of halogens is 1. The van der Waals surface area contributed by atoms with Gasteiger partial charge in [-0.05, 0) is 63.0 Å². The van der Waals surface area contributed by atoms with Crippen molar-refractivity contribution in [2.24, 2.45) is 0 Å². The number of carbonyl (C=O) groups is 1. The number of nitrogens with one attached hydrogen (secondary N) is 1. The van der Waals surface area contributed by atoms with Gasteiger partial charge in [-0.25, -0.2) is 17.8 Å². The van der Waals surface area contributed by atoms with E-state index in [1.165, 1.54) is 25.3 Å². The van der Waals surface area contributed by atoms with E-state index in [1.54, 1.807) is 42.0 Å². The first-order valence-electron chi connectivity index (χ1n) is 12.6. The number of rotatable bonds is 11. The van der Waals surface area contributed by atoms with E-state index >= 15 is 0 Å². The highest BCUT2D eigenvalue weighted by Gasteiger charge is 2.27. The molecule has 9 nitrogen and oxygen atoms in total. The summed E-state index contributed by atoms with van der Waals surface area (Å²) in [6.07, 6.45) is 1.70. The Labute approximate surface area is 233 Å². The minimum atomic E-state index is -4.01. The normalized spacial score (nSPS) is 11.7. The summed E-state index contributed by atoms with van der Waals surface area (Å²) in [7, 11) is 1.13. The minimum absolute atomic E-state index is 0.0443. The molecule has 1 amide bonds. The average molecular weight is 566 g/mol. The molecule has 0 fully saturated rings. The molecule has 1 N–H and O–H groups in total. The van der Waals surface area contributed by atoms with Crippen molar-refractivity contribution < 1.29 is 22.3 Å². The highest BCUT2D eigenvalue weighted by Crippen LogP contribution is 2.26. The van der Waals surface area contributed by atoms with Gasteiger partial charge in [-0.3, -0.25) is 14.7 Å². The van der Waals surface area contributed by atoms with Crippen LogP contribution >= 0.6 is 0 Å². The van der Waals surface area contributed by atoms with E-state index in [-0.39, 0.29) is 17.4 Å². The number of carbonyl (C=O) groups excluding carboxylic acids is 1. The number of imidazole rings is 1. The maximum Gasteiger partial charge on any atom is 0.243 e. The lowest BCUT2D eigenvalue weighted by Gasteiger charge is -2.23. The molecule has 0 atom stereocenters. The Balaban J connectivity index is 1.65. The SMILES string of the molecule is COc1ccc(S(=O)(=O)N(CCN(C)C)CC(=O)Nc2nc(-c3ccccc3)cn2-c2ccc(C)c(F)c2)cc1. The number of nitrogens with zero attached hydrogens (tertiary/aromatic N) is 4. The van der Waals surface area contributed by atoms with E-state index in [2.05, 4.69) is 10.3 Å². The van der Waals surface area contributed by atoms with E-state index in [0.29, 0.717) is 29.2 Å². The van der Waals surface area contributed by atoms with E-state index < -0.39 is 28.3 Å². The zero-order valence-corrected chi connectivity index (χ0v) is 23.7. The van der Waals surface area contributed by atoms with Gasteiger partial charge in [-0.1, -0.05) is 36.4 Å². The maximum absolute atomic E-state index is 14.4. The maximum atomic E-state index is 14.4. The molecule has 4 aromatic rings. The molecule has 1 aromatic heterocycles. The number of likely N-dealkylation sites (N-methyl/N-ethyl adjacent to an activating group) is 1. The minimum Gasteiger partial charge on any atom is -0.497 e. The average Bonchev–Trinajstić information content (AvgIpc) is 3.36. The van der Waals surface area contributed by atoms with Crippen LogP contribution in [0.2, 0.25) is 0 Å². The van der Waals surface area contributed by atoms with Gasteiger partial charge in [0.25, 0.3) is 0 Å². The molecule has 0 aliphatic carbocycles. The van der Waals surface area contributed by atoms with Crippen molar-refractivity contribution in [3.05, 3.63) is 90.4 Å². The number of aromatic nitrogens is 2. The lowest BCUT2D eigenvalue weighted by Crippen LogP contribution is -2.41. The molecule has 0 aliphatic rings. The van der Waals surface area contributed by atoms with Crippen LogP contribution in [0, 0.1) is 12.7 Å². The van der Waals surface area contributed by atoms with Gasteiger partial charge in [0, 0.05) is 24.8 Å². The second-order valence-corrected chi connectivity index (χ2v) is 11.4. The third kappa shape index (κ3) is 6.74. The van der Waals surface area contributed by atoms with Gasteiger partial charge in [0.2, 0.25) is 21.9 Å². The van der Waals surface area contributed by atoms with Gasteiger partial charge in [0.1, 0.15) is 11.6 Å². The fraction of sp³-hybridized carbons (Fsp3) is 0.241. The van der Waals surface area contributed by atoms with E-state index in [1.807, 2.05) is 49.3 Å². The highest BCUT2D eigenvalue weighted by molar-refractivity contribution is 7.89. The number of anilines is 1. The van der Waals surface area contributed by atoms with Gasteiger partial charge in [-0.2, -0.15) is 4.31 Å². The lowest BCUT2D eigenvalue weighted by atomic mass is 10.2. The van der Waals surface area contributed by atoms with E-state index in [9.17, 15) is 17.6 Å². The van der Waals surface area contributed by atoms with Gasteiger partial charge < -0.3 is 9.64 Å². The number of hydrogen-bond acceptors (Lipinski definition) is 6. The van der Waals surface area contributed by atoms with Crippen LogP contribution in [0.4, 0.5) is 10.3 Å². The molecule has 3 aromatic carbocycles. The second kappa shape index (κ2) is 12.4. The highest BCUT2D eigenvalue weighted by atomic mass is 32.2. The van der Waals surface area contributed by atoms with Gasteiger partial charge in [-0.15, -0.1) is 0 Å². The Hall–Kier alpha value is -4.06. The fourth-order valence-corrected chi connectivity index (χ4v) is 5.35. The zero-order chi connectivity index (χ0) is 28.9. The molecule has 0 spiro atoms. The molecule has 11 heteroatoms. The van der Waals surface area contributed by atoms with Crippen molar-refractivity contribution in [2.45, 2.75) is 11.8 Å². The van der Waals surface area contributed by atoms with Crippen LogP contribution in [0.25, 0.3) is 16.9 Å². The first-order valence-corrected chi connectivity index (χ1v) is 14.0. The van der Waals surface area contributed by atoms with Gasteiger partial charge in [0.05, 0.1) is 29.9 Å². The second-order valence-electron chi connectivity index (χ2n) is 9.48. The van der Waals surface area contributed by atoms with Gasteiger partial charge in [0.15, 0.2) is 0 Å². The van der Waals surface area contributed by atoms with Crippen LogP contribution in [-0.4, -0.2) is 73.9 Å². The summed E-state index contributed by atoms with van der Waals surface area (Å²) in [6.45, 7) is 1.70. The van der Waals surface area contributed by atoms with Crippen molar-refractivity contribution in [3.8, 4) is 22.7 Å². The fourth-order valence-electron chi connectivity index (χ4n) is 3.96. The van der Waals surface area contributed by atoms with Gasteiger partial charge >= 0.3 is 0 Å². The topological polar surface area (TPSA) is 96.8 Å². The zero-order valence-electron chi connectivity index (χ0n) is 22.8. The van der Waals surface area contributed by atoms with Crippen molar-refractivity contribution in [1.29, 1.82) is 0 Å². The molecule has 40 heavy (non-hydrogen) atoms. The molecular formula is C29H32FN5O4S. The first kappa shape index (κ1) is 28.9. The number of methoxy groups -OCH3 is 1. The van der Waals surface area contributed by atoms with Crippen LogP contribution in [0.3, 0.4) is 0 Å². The molecule has 4 rings (SSSR count). The largest absolute Gasteiger partial charge is 0.497 e. The standard InChI is InChI=1S/C29H32FN5O4S/c1-21-10-11-23(18-26(21)30)35-19-27(22-8-6-5-7-9-22)31-29(35)32-28(36)20-34(17-16-33(2)3)40(37,38)25-14-12-24(39-4)13-15-25/h5-15,18-19H,16-17,20H2,1-4H3,(H,31,32,36). The monoisotopic (exact) mass is 565 g/mol. The van der Waals surface area contributed by atoms with Crippen LogP contribution in [-0.2, 0) is 14.8 Å². The summed E-state index contributed by atoms with van der Waals surface area (Å²) in [6, 6.07) is 20.1. The number of sulfonamides is 1. The quantitative estimate of drug-likeness (QED) is 0.293. The summed E-state index contributed by atoms with van der Waals surface area (Å²) in [5, 5.41) is 2.74. The number of aryl methyl sites for hydroxylation is 1. The molecular weight excluding hydrogens is 533 g/mol. The van der Waals surface area contributed by atoms with Crippen molar-refractivity contribution in [1.82, 2.24) is 18.8 Å². The predicted octanol–water partition coefficient (Wildman–Crippen LogP) is 4.19. The van der Waals surface area contributed by atoms with Crippen LogP contribution in [0.15, 0.2) is 83.9 Å². The van der Waals surface area contributed by atoms with Crippen LogP contribution in [0.1, 0.15) is 5.56 Å². The number of hydrogen-bond donors (Lipinski definition) is 1. The third-order valence-corrected chi connectivity index (χ3v) is 8.13. The lowest BCUT2D eigenvalue weighted by molar-refractivity contribution is -0.116. The molecule has 0 saturated carbocycles. The van der Waals surface area contributed by atoms with Crippen LogP contribution < -0.4 is 10.1 Å². The Morgan fingerprint density at radius 2 is 1.73 bits per heavy atom. The molecule has 0 unspecified atom stereocenters.